The Labute approximate surface area is 135 Å². The highest BCUT2D eigenvalue weighted by atomic mass is 32.2. The Hall–Kier alpha value is -2.20. The average Bonchev–Trinajstić information content (AvgIpc) is 3.15. The fourth-order valence-corrected chi connectivity index (χ4v) is 2.97. The lowest BCUT2D eigenvalue weighted by Gasteiger charge is -2.10. The molecule has 3 N–H and O–H groups in total. The molecule has 3 aromatic heterocycles. The minimum absolute atomic E-state index is 0.212. The fraction of sp³-hybridized carbons (Fsp3) is 0.250. The molecule has 22 heavy (non-hydrogen) atoms. The summed E-state index contributed by atoms with van der Waals surface area (Å²) in [6.45, 7) is 0. The van der Waals surface area contributed by atoms with E-state index in [-0.39, 0.29) is 5.95 Å². The standard InChI is InChI=1S/C12H14N8S2/c1-20(2)11-15-8(14-10(13)17-11)6-22-12-16-9(18-19-12)7-4-3-5-21-7/h3-5H,6H2,1-2H3,(H,16,18,19)(H2,13,14,15,17). The van der Waals surface area contributed by atoms with Crippen molar-refractivity contribution in [2.75, 3.05) is 24.7 Å². The number of H-pyrrole nitrogens is 1. The Morgan fingerprint density at radius 1 is 1.27 bits per heavy atom. The van der Waals surface area contributed by atoms with E-state index in [2.05, 4.69) is 30.1 Å². The molecule has 114 valence electrons. The molecule has 0 saturated carbocycles. The van der Waals surface area contributed by atoms with Crippen molar-refractivity contribution in [2.24, 2.45) is 0 Å². The molecule has 10 heteroatoms. The summed E-state index contributed by atoms with van der Waals surface area (Å²) in [4.78, 5) is 19.8. The molecule has 0 aliphatic rings. The van der Waals surface area contributed by atoms with Crippen LogP contribution in [0.4, 0.5) is 11.9 Å². The SMILES string of the molecule is CN(C)c1nc(N)nc(CSc2n[nH]c(-c3cccs3)n2)n1. The zero-order valence-electron chi connectivity index (χ0n) is 12.0. The number of rotatable bonds is 5. The maximum atomic E-state index is 5.70. The summed E-state index contributed by atoms with van der Waals surface area (Å²) in [6, 6.07) is 3.97. The fourth-order valence-electron chi connectivity index (χ4n) is 1.65. The maximum absolute atomic E-state index is 5.70. The van der Waals surface area contributed by atoms with E-state index in [4.69, 9.17) is 5.73 Å². The summed E-state index contributed by atoms with van der Waals surface area (Å²) in [6.07, 6.45) is 0. The van der Waals surface area contributed by atoms with Gasteiger partial charge in [-0.05, 0) is 11.4 Å². The van der Waals surface area contributed by atoms with Crippen LogP contribution in [-0.2, 0) is 5.75 Å². The summed E-state index contributed by atoms with van der Waals surface area (Å²) >= 11 is 3.06. The molecule has 0 bridgehead atoms. The predicted molar refractivity (Wildman–Crippen MR) is 87.8 cm³/mol. The van der Waals surface area contributed by atoms with E-state index in [1.54, 1.807) is 16.2 Å². The zero-order chi connectivity index (χ0) is 15.5. The number of nitrogens with two attached hydrogens (primary N) is 1. The number of nitrogens with one attached hydrogen (secondary N) is 1. The first-order valence-corrected chi connectivity index (χ1v) is 8.25. The van der Waals surface area contributed by atoms with Crippen molar-refractivity contribution < 1.29 is 0 Å². The third-order valence-electron chi connectivity index (χ3n) is 2.64. The molecule has 0 amide bonds. The van der Waals surface area contributed by atoms with Gasteiger partial charge in [-0.15, -0.1) is 16.4 Å². The van der Waals surface area contributed by atoms with Gasteiger partial charge in [-0.2, -0.15) is 15.0 Å². The van der Waals surface area contributed by atoms with Gasteiger partial charge in [0.1, 0.15) is 5.82 Å². The van der Waals surface area contributed by atoms with Gasteiger partial charge >= 0.3 is 0 Å². The van der Waals surface area contributed by atoms with Crippen LogP contribution in [-0.4, -0.2) is 44.2 Å². The number of nitrogens with zero attached hydrogens (tertiary/aromatic N) is 6. The first kappa shape index (κ1) is 14.7. The quantitative estimate of drug-likeness (QED) is 0.678. The molecule has 8 nitrogen and oxygen atoms in total. The first-order valence-electron chi connectivity index (χ1n) is 6.38. The summed E-state index contributed by atoms with van der Waals surface area (Å²) in [7, 11) is 3.71. The lowest BCUT2D eigenvalue weighted by Crippen LogP contribution is -2.15. The number of aromatic nitrogens is 6. The van der Waals surface area contributed by atoms with Crippen molar-refractivity contribution in [3.05, 3.63) is 23.3 Å². The normalized spacial score (nSPS) is 10.8. The van der Waals surface area contributed by atoms with Crippen molar-refractivity contribution in [2.45, 2.75) is 10.9 Å². The van der Waals surface area contributed by atoms with Gasteiger partial charge in [-0.1, -0.05) is 17.8 Å². The second-order valence-corrected chi connectivity index (χ2v) is 6.43. The van der Waals surface area contributed by atoms with Gasteiger partial charge in [0.05, 0.1) is 10.6 Å². The van der Waals surface area contributed by atoms with Gasteiger partial charge < -0.3 is 10.6 Å². The number of hydrogen-bond donors (Lipinski definition) is 2. The van der Waals surface area contributed by atoms with Gasteiger partial charge in [0, 0.05) is 14.1 Å². The molecule has 0 fully saturated rings. The third-order valence-corrected chi connectivity index (χ3v) is 4.36. The summed E-state index contributed by atoms with van der Waals surface area (Å²) in [5.41, 5.74) is 5.70. The van der Waals surface area contributed by atoms with E-state index < -0.39 is 0 Å². The number of thiophene rings is 1. The topological polar surface area (TPSA) is 110 Å². The predicted octanol–water partition coefficient (Wildman–Crippen LogP) is 1.66. The number of anilines is 2. The van der Waals surface area contributed by atoms with Crippen LogP contribution in [0.15, 0.2) is 22.7 Å². The highest BCUT2D eigenvalue weighted by Crippen LogP contribution is 2.24. The summed E-state index contributed by atoms with van der Waals surface area (Å²) in [5, 5.41) is 9.76. The van der Waals surface area contributed by atoms with Crippen LogP contribution in [0.2, 0.25) is 0 Å². The Kier molecular flexibility index (Phi) is 4.20. The monoisotopic (exact) mass is 334 g/mol. The smallest absolute Gasteiger partial charge is 0.229 e. The Morgan fingerprint density at radius 2 is 2.14 bits per heavy atom. The van der Waals surface area contributed by atoms with Crippen molar-refractivity contribution in [3.63, 3.8) is 0 Å². The molecule has 0 aliphatic carbocycles. The molecule has 3 aromatic rings. The molecular weight excluding hydrogens is 320 g/mol. The van der Waals surface area contributed by atoms with Gasteiger partial charge in [-0.25, -0.2) is 4.98 Å². The van der Waals surface area contributed by atoms with Crippen molar-refractivity contribution in [1.82, 2.24) is 30.1 Å². The minimum Gasteiger partial charge on any atom is -0.368 e. The number of nitrogen functional groups attached to an aromatic ring is 1. The van der Waals surface area contributed by atoms with Gasteiger partial charge in [0.2, 0.25) is 17.1 Å². The van der Waals surface area contributed by atoms with E-state index >= 15 is 0 Å². The Balaban J connectivity index is 1.70. The van der Waals surface area contributed by atoms with Crippen LogP contribution >= 0.6 is 23.1 Å². The molecule has 0 atom stereocenters. The number of hydrogen-bond acceptors (Lipinski definition) is 9. The van der Waals surface area contributed by atoms with Crippen molar-refractivity contribution in [3.8, 4) is 10.7 Å². The lowest BCUT2D eigenvalue weighted by atomic mass is 10.4. The summed E-state index contributed by atoms with van der Waals surface area (Å²) < 4.78 is 0. The average molecular weight is 334 g/mol. The summed E-state index contributed by atoms with van der Waals surface area (Å²) in [5.74, 6) is 2.64. The van der Waals surface area contributed by atoms with Crippen LogP contribution in [0.3, 0.4) is 0 Å². The van der Waals surface area contributed by atoms with Crippen LogP contribution in [0.1, 0.15) is 5.82 Å². The maximum Gasteiger partial charge on any atom is 0.229 e. The number of aromatic amines is 1. The Morgan fingerprint density at radius 3 is 2.86 bits per heavy atom. The highest BCUT2D eigenvalue weighted by molar-refractivity contribution is 7.98. The molecule has 0 radical (unpaired) electrons. The van der Waals surface area contributed by atoms with Gasteiger partial charge in [0.15, 0.2) is 5.82 Å². The molecule has 0 saturated heterocycles. The van der Waals surface area contributed by atoms with E-state index in [1.165, 1.54) is 11.8 Å². The largest absolute Gasteiger partial charge is 0.368 e. The van der Waals surface area contributed by atoms with Gasteiger partial charge in [0.25, 0.3) is 0 Å². The van der Waals surface area contributed by atoms with Crippen molar-refractivity contribution >= 4 is 35.0 Å². The molecule has 0 aliphatic heterocycles. The molecule has 0 spiro atoms. The Bertz CT molecular complexity index is 752. The van der Waals surface area contributed by atoms with Gasteiger partial charge in [-0.3, -0.25) is 5.10 Å². The second-order valence-electron chi connectivity index (χ2n) is 4.54. The van der Waals surface area contributed by atoms with E-state index in [0.29, 0.717) is 22.7 Å². The minimum atomic E-state index is 0.212. The van der Waals surface area contributed by atoms with E-state index in [9.17, 15) is 0 Å². The third kappa shape index (κ3) is 3.34. The van der Waals surface area contributed by atoms with E-state index in [1.807, 2.05) is 31.6 Å². The second kappa shape index (κ2) is 6.28. The lowest BCUT2D eigenvalue weighted by molar-refractivity contribution is 0.914. The first-order chi connectivity index (χ1) is 10.6. The molecule has 0 aromatic carbocycles. The molecule has 3 rings (SSSR count). The van der Waals surface area contributed by atoms with Crippen LogP contribution in [0.25, 0.3) is 10.7 Å². The molecular formula is C12H14N8S2. The highest BCUT2D eigenvalue weighted by Gasteiger charge is 2.10. The van der Waals surface area contributed by atoms with E-state index in [0.717, 1.165) is 10.7 Å². The molecule has 0 unspecified atom stereocenters. The van der Waals surface area contributed by atoms with Crippen LogP contribution in [0, 0.1) is 0 Å². The molecule has 3 heterocycles. The van der Waals surface area contributed by atoms with Crippen LogP contribution in [0.5, 0.6) is 0 Å². The number of thioether (sulfide) groups is 1. The van der Waals surface area contributed by atoms with Crippen molar-refractivity contribution in [1.29, 1.82) is 0 Å². The van der Waals surface area contributed by atoms with Crippen LogP contribution < -0.4 is 10.6 Å². The zero-order valence-corrected chi connectivity index (χ0v) is 13.6.